The van der Waals surface area contributed by atoms with Crippen molar-refractivity contribution in [3.05, 3.63) is 29.8 Å². The normalized spacial score (nSPS) is 22.5. The predicted molar refractivity (Wildman–Crippen MR) is 120 cm³/mol. The summed E-state index contributed by atoms with van der Waals surface area (Å²) in [5.41, 5.74) is 0.319. The van der Waals surface area contributed by atoms with Crippen molar-refractivity contribution in [3.8, 4) is 0 Å². The molecular formula is C23H35N3O4S. The summed E-state index contributed by atoms with van der Waals surface area (Å²) in [4.78, 5) is 17.8. The SMILES string of the molecule is O=C(c1ccccc1S(=O)(=O)N1CCCCC1)N1CCC(CCN2CCOCC2)CC1. The van der Waals surface area contributed by atoms with Crippen LogP contribution in [0.1, 0.15) is 48.9 Å². The Morgan fingerprint density at radius 2 is 1.61 bits per heavy atom. The molecule has 3 heterocycles. The number of hydrogen-bond donors (Lipinski definition) is 0. The third kappa shape index (κ3) is 5.48. The monoisotopic (exact) mass is 449 g/mol. The van der Waals surface area contributed by atoms with E-state index < -0.39 is 10.0 Å². The topological polar surface area (TPSA) is 70.2 Å². The Bertz CT molecular complexity index is 840. The van der Waals surface area contributed by atoms with Gasteiger partial charge in [0.05, 0.1) is 23.7 Å². The Morgan fingerprint density at radius 3 is 2.32 bits per heavy atom. The van der Waals surface area contributed by atoms with Crippen molar-refractivity contribution in [2.45, 2.75) is 43.4 Å². The molecule has 0 aliphatic carbocycles. The average molecular weight is 450 g/mol. The maximum absolute atomic E-state index is 13.3. The molecule has 0 spiro atoms. The van der Waals surface area contributed by atoms with Gasteiger partial charge >= 0.3 is 0 Å². The van der Waals surface area contributed by atoms with Crippen molar-refractivity contribution in [1.82, 2.24) is 14.1 Å². The first-order valence-corrected chi connectivity index (χ1v) is 13.2. The minimum Gasteiger partial charge on any atom is -0.379 e. The van der Waals surface area contributed by atoms with Gasteiger partial charge < -0.3 is 9.64 Å². The second kappa shape index (κ2) is 10.4. The third-order valence-corrected chi connectivity index (χ3v) is 8.87. The minimum atomic E-state index is -3.64. The van der Waals surface area contributed by atoms with Crippen molar-refractivity contribution in [2.24, 2.45) is 5.92 Å². The number of nitrogens with zero attached hydrogens (tertiary/aromatic N) is 3. The number of benzene rings is 1. The van der Waals surface area contributed by atoms with Crippen molar-refractivity contribution < 1.29 is 17.9 Å². The highest BCUT2D eigenvalue weighted by Gasteiger charge is 2.32. The molecule has 3 aliphatic heterocycles. The lowest BCUT2D eigenvalue weighted by Gasteiger charge is -2.34. The van der Waals surface area contributed by atoms with Gasteiger partial charge in [0.25, 0.3) is 5.91 Å². The van der Waals surface area contributed by atoms with Gasteiger partial charge in [-0.1, -0.05) is 18.6 Å². The first-order chi connectivity index (χ1) is 15.1. The molecular weight excluding hydrogens is 414 g/mol. The lowest BCUT2D eigenvalue weighted by Crippen LogP contribution is -2.41. The van der Waals surface area contributed by atoms with E-state index >= 15 is 0 Å². The number of ether oxygens (including phenoxy) is 1. The molecule has 3 aliphatic rings. The number of hydrogen-bond acceptors (Lipinski definition) is 5. The molecule has 1 aromatic rings. The van der Waals surface area contributed by atoms with E-state index in [0.29, 0.717) is 37.7 Å². The molecule has 1 amide bonds. The lowest BCUT2D eigenvalue weighted by atomic mass is 9.93. The quantitative estimate of drug-likeness (QED) is 0.667. The molecule has 0 atom stereocenters. The molecule has 4 rings (SSSR count). The van der Waals surface area contributed by atoms with Gasteiger partial charge in [0, 0.05) is 39.3 Å². The van der Waals surface area contributed by atoms with E-state index in [2.05, 4.69) is 4.90 Å². The molecule has 172 valence electrons. The van der Waals surface area contributed by atoms with Gasteiger partial charge in [-0.2, -0.15) is 4.31 Å². The molecule has 31 heavy (non-hydrogen) atoms. The number of sulfonamides is 1. The Morgan fingerprint density at radius 1 is 0.935 bits per heavy atom. The van der Waals surface area contributed by atoms with Crippen LogP contribution in [0.3, 0.4) is 0 Å². The van der Waals surface area contributed by atoms with Gasteiger partial charge in [0.2, 0.25) is 10.0 Å². The number of rotatable bonds is 6. The third-order valence-electron chi connectivity index (χ3n) is 6.91. The Labute approximate surface area is 186 Å². The fraction of sp³-hybridized carbons (Fsp3) is 0.696. The molecule has 0 aromatic heterocycles. The maximum atomic E-state index is 13.3. The van der Waals surface area contributed by atoms with Crippen LogP contribution in [0.25, 0.3) is 0 Å². The van der Waals surface area contributed by atoms with Crippen LogP contribution in [-0.4, -0.2) is 87.5 Å². The van der Waals surface area contributed by atoms with Gasteiger partial charge in [-0.25, -0.2) is 8.42 Å². The van der Waals surface area contributed by atoms with Crippen LogP contribution in [0.4, 0.5) is 0 Å². The molecule has 7 nitrogen and oxygen atoms in total. The molecule has 0 radical (unpaired) electrons. The number of likely N-dealkylation sites (tertiary alicyclic amines) is 1. The van der Waals surface area contributed by atoms with Gasteiger partial charge in [-0.05, 0) is 56.7 Å². The summed E-state index contributed by atoms with van der Waals surface area (Å²) in [6, 6.07) is 6.74. The van der Waals surface area contributed by atoms with Crippen LogP contribution in [-0.2, 0) is 14.8 Å². The molecule has 0 N–H and O–H groups in total. The highest BCUT2D eigenvalue weighted by Crippen LogP contribution is 2.27. The fourth-order valence-electron chi connectivity index (χ4n) is 4.90. The van der Waals surface area contributed by atoms with Crippen LogP contribution >= 0.6 is 0 Å². The first kappa shape index (κ1) is 22.7. The molecule has 3 fully saturated rings. The second-order valence-corrected chi connectivity index (χ2v) is 10.8. The van der Waals surface area contributed by atoms with Crippen LogP contribution in [0, 0.1) is 5.92 Å². The van der Waals surface area contributed by atoms with E-state index in [1.54, 1.807) is 28.6 Å². The number of carbonyl (C=O) groups excluding carboxylic acids is 1. The Balaban J connectivity index is 1.37. The van der Waals surface area contributed by atoms with Gasteiger partial charge in [-0.3, -0.25) is 9.69 Å². The van der Waals surface area contributed by atoms with Gasteiger partial charge in [0.1, 0.15) is 0 Å². The first-order valence-electron chi connectivity index (χ1n) is 11.7. The molecule has 3 saturated heterocycles. The highest BCUT2D eigenvalue weighted by atomic mass is 32.2. The number of carbonyl (C=O) groups is 1. The van der Waals surface area contributed by atoms with Crippen molar-refractivity contribution in [1.29, 1.82) is 0 Å². The van der Waals surface area contributed by atoms with E-state index in [1.807, 2.05) is 4.90 Å². The molecule has 0 saturated carbocycles. The van der Waals surface area contributed by atoms with Crippen molar-refractivity contribution >= 4 is 15.9 Å². The second-order valence-electron chi connectivity index (χ2n) is 8.94. The lowest BCUT2D eigenvalue weighted by molar-refractivity contribution is 0.0332. The van der Waals surface area contributed by atoms with E-state index in [0.717, 1.165) is 71.4 Å². The molecule has 8 heteroatoms. The summed E-state index contributed by atoms with van der Waals surface area (Å²) in [6.45, 7) is 7.26. The summed E-state index contributed by atoms with van der Waals surface area (Å²) in [5.74, 6) is 0.474. The van der Waals surface area contributed by atoms with Crippen LogP contribution < -0.4 is 0 Å². The number of morpholine rings is 1. The van der Waals surface area contributed by atoms with Crippen LogP contribution in [0.5, 0.6) is 0 Å². The van der Waals surface area contributed by atoms with Crippen molar-refractivity contribution in [2.75, 3.05) is 59.0 Å². The van der Waals surface area contributed by atoms with E-state index in [4.69, 9.17) is 4.74 Å². The molecule has 1 aromatic carbocycles. The van der Waals surface area contributed by atoms with E-state index in [1.165, 1.54) is 0 Å². The molecule has 0 bridgehead atoms. The summed E-state index contributed by atoms with van der Waals surface area (Å²) in [7, 11) is -3.64. The van der Waals surface area contributed by atoms with Crippen LogP contribution in [0.2, 0.25) is 0 Å². The maximum Gasteiger partial charge on any atom is 0.255 e. The van der Waals surface area contributed by atoms with Gasteiger partial charge in [-0.15, -0.1) is 0 Å². The fourth-order valence-corrected chi connectivity index (χ4v) is 6.60. The van der Waals surface area contributed by atoms with Crippen LogP contribution in [0.15, 0.2) is 29.2 Å². The summed E-state index contributed by atoms with van der Waals surface area (Å²) in [5, 5.41) is 0. The standard InChI is InChI=1S/C23H35N3O4S/c27-23(25-14-9-20(10-15-25)8-13-24-16-18-30-19-17-24)21-6-2-3-7-22(21)31(28,29)26-11-4-1-5-12-26/h2-3,6-7,20H,1,4-5,8-19H2. The summed E-state index contributed by atoms with van der Waals surface area (Å²) >= 11 is 0. The highest BCUT2D eigenvalue weighted by molar-refractivity contribution is 7.89. The summed E-state index contributed by atoms with van der Waals surface area (Å²) in [6.07, 6.45) is 5.95. The van der Waals surface area contributed by atoms with E-state index in [9.17, 15) is 13.2 Å². The number of amides is 1. The smallest absolute Gasteiger partial charge is 0.255 e. The zero-order valence-corrected chi connectivity index (χ0v) is 19.2. The summed E-state index contributed by atoms with van der Waals surface area (Å²) < 4.78 is 33.4. The van der Waals surface area contributed by atoms with Crippen molar-refractivity contribution in [3.63, 3.8) is 0 Å². The molecule has 0 unspecified atom stereocenters. The minimum absolute atomic E-state index is 0.150. The van der Waals surface area contributed by atoms with Gasteiger partial charge in [0.15, 0.2) is 0 Å². The zero-order valence-electron chi connectivity index (χ0n) is 18.4. The zero-order chi connectivity index (χ0) is 21.7. The predicted octanol–water partition coefficient (Wildman–Crippen LogP) is 2.44. The number of piperidine rings is 2. The largest absolute Gasteiger partial charge is 0.379 e. The van der Waals surface area contributed by atoms with E-state index in [-0.39, 0.29) is 10.8 Å². The Kier molecular flexibility index (Phi) is 7.63. The Hall–Kier alpha value is -1.48. The average Bonchev–Trinajstić information content (AvgIpc) is 2.84.